The van der Waals surface area contributed by atoms with Gasteiger partial charge in [0.15, 0.2) is 0 Å². The number of carbonyl (C=O) groups is 1. The van der Waals surface area contributed by atoms with Crippen molar-refractivity contribution in [3.05, 3.63) is 63.6 Å². The van der Waals surface area contributed by atoms with Gasteiger partial charge in [-0.05, 0) is 19.9 Å². The van der Waals surface area contributed by atoms with E-state index in [1.807, 2.05) is 0 Å². The summed E-state index contributed by atoms with van der Waals surface area (Å²) >= 11 is 0. The summed E-state index contributed by atoms with van der Waals surface area (Å²) in [4.78, 5) is 35.7. The minimum atomic E-state index is -4.87. The zero-order valence-corrected chi connectivity index (χ0v) is 20.8. The van der Waals surface area contributed by atoms with Crippen LogP contribution in [0.4, 0.5) is 38.0 Å². The van der Waals surface area contributed by atoms with Gasteiger partial charge in [0.2, 0.25) is 5.95 Å². The Bertz CT molecular complexity index is 1370. The van der Waals surface area contributed by atoms with Gasteiger partial charge in [0.05, 0.1) is 23.0 Å². The molecule has 4 rings (SSSR count). The van der Waals surface area contributed by atoms with Crippen molar-refractivity contribution in [1.29, 1.82) is 0 Å². The summed E-state index contributed by atoms with van der Waals surface area (Å²) in [5.41, 5.74) is -3.10. The molecular formula is C23H24F6N8O2. The lowest BCUT2D eigenvalue weighted by atomic mass is 10.2. The fourth-order valence-corrected chi connectivity index (χ4v) is 4.28. The molecule has 16 heteroatoms. The molecule has 1 fully saturated rings. The van der Waals surface area contributed by atoms with Crippen LogP contribution in [0.5, 0.6) is 0 Å². The van der Waals surface area contributed by atoms with Crippen molar-refractivity contribution in [2.45, 2.75) is 38.8 Å². The summed E-state index contributed by atoms with van der Waals surface area (Å²) in [5.74, 6) is -0.110. The highest BCUT2D eigenvalue weighted by molar-refractivity contribution is 5.95. The van der Waals surface area contributed by atoms with Crippen LogP contribution in [0.25, 0.3) is 0 Å². The van der Waals surface area contributed by atoms with Crippen LogP contribution in [0, 0.1) is 6.92 Å². The number of aromatic nitrogens is 5. The maximum atomic E-state index is 13.3. The predicted octanol–water partition coefficient (Wildman–Crippen LogP) is 3.17. The summed E-state index contributed by atoms with van der Waals surface area (Å²) in [6, 6.07) is 1.06. The number of hydrogen-bond donors (Lipinski definition) is 2. The first kappa shape index (κ1) is 27.9. The third kappa shape index (κ3) is 6.15. The lowest BCUT2D eigenvalue weighted by molar-refractivity contribution is -0.139. The normalized spacial score (nSPS) is 15.4. The quantitative estimate of drug-likeness (QED) is 0.447. The highest BCUT2D eigenvalue weighted by atomic mass is 19.4. The van der Waals surface area contributed by atoms with Crippen molar-refractivity contribution in [2.24, 2.45) is 0 Å². The molecule has 1 unspecified atom stereocenters. The molecule has 210 valence electrons. The maximum absolute atomic E-state index is 13.3. The highest BCUT2D eigenvalue weighted by Crippen LogP contribution is 2.32. The van der Waals surface area contributed by atoms with Gasteiger partial charge in [0.1, 0.15) is 5.56 Å². The molecule has 2 N–H and O–H groups in total. The van der Waals surface area contributed by atoms with E-state index in [0.717, 1.165) is 18.6 Å². The number of carbonyl (C=O) groups excluding carboxylic acids is 1. The van der Waals surface area contributed by atoms with Gasteiger partial charge in [-0.15, -0.1) is 0 Å². The van der Waals surface area contributed by atoms with Gasteiger partial charge in [-0.25, -0.2) is 15.1 Å². The second-order valence-electron chi connectivity index (χ2n) is 9.05. The van der Waals surface area contributed by atoms with Crippen molar-refractivity contribution >= 4 is 17.5 Å². The number of rotatable bonds is 6. The molecule has 39 heavy (non-hydrogen) atoms. The molecule has 10 nitrogen and oxygen atoms in total. The Balaban J connectivity index is 1.38. The second-order valence-corrected chi connectivity index (χ2v) is 9.05. The first-order valence-electron chi connectivity index (χ1n) is 11.8. The second kappa shape index (κ2) is 10.6. The molecule has 1 amide bonds. The minimum absolute atomic E-state index is 0.142. The fourth-order valence-electron chi connectivity index (χ4n) is 4.28. The van der Waals surface area contributed by atoms with Crippen LogP contribution in [-0.4, -0.2) is 67.8 Å². The van der Waals surface area contributed by atoms with E-state index in [1.165, 1.54) is 0 Å². The first-order chi connectivity index (χ1) is 18.3. The van der Waals surface area contributed by atoms with Gasteiger partial charge in [0.25, 0.3) is 11.5 Å². The van der Waals surface area contributed by atoms with Crippen LogP contribution >= 0.6 is 0 Å². The van der Waals surface area contributed by atoms with E-state index in [4.69, 9.17) is 0 Å². The van der Waals surface area contributed by atoms with Crippen LogP contribution in [0.1, 0.15) is 34.1 Å². The van der Waals surface area contributed by atoms with Crippen LogP contribution in [0.15, 0.2) is 35.6 Å². The average molecular weight is 558 g/mol. The van der Waals surface area contributed by atoms with Crippen LogP contribution in [0.2, 0.25) is 0 Å². The summed E-state index contributed by atoms with van der Waals surface area (Å²) in [6.07, 6.45) is -5.42. The Morgan fingerprint density at radius 3 is 2.28 bits per heavy atom. The molecule has 1 saturated heterocycles. The van der Waals surface area contributed by atoms with Gasteiger partial charge in [-0.2, -0.15) is 31.4 Å². The number of anilines is 2. The molecule has 4 heterocycles. The molecule has 1 aliphatic rings. The minimum Gasteiger partial charge on any atom is -0.379 e. The van der Waals surface area contributed by atoms with Crippen LogP contribution in [0.3, 0.4) is 0 Å². The van der Waals surface area contributed by atoms with Gasteiger partial charge < -0.3 is 19.7 Å². The molecule has 0 spiro atoms. The number of nitrogens with one attached hydrogen (secondary N) is 2. The Hall–Kier alpha value is -4.11. The van der Waals surface area contributed by atoms with Gasteiger partial charge >= 0.3 is 12.4 Å². The van der Waals surface area contributed by atoms with Crippen molar-refractivity contribution in [2.75, 3.05) is 36.4 Å². The average Bonchev–Trinajstić information content (AvgIpc) is 3.22. The van der Waals surface area contributed by atoms with Crippen LogP contribution in [-0.2, 0) is 18.9 Å². The molecule has 0 bridgehead atoms. The van der Waals surface area contributed by atoms with E-state index in [0.29, 0.717) is 37.4 Å². The molecule has 0 aliphatic carbocycles. The summed E-state index contributed by atoms with van der Waals surface area (Å²) in [6.45, 7) is 4.77. The molecule has 0 saturated carbocycles. The Morgan fingerprint density at radius 2 is 1.69 bits per heavy atom. The SMILES string of the molecule is Cc1c(C(=O)N2CCN(c3ncc(C(F)(F)F)cn3)CC2)ccn1CC(C)Nc1cn[nH]c(=O)c1C(F)(F)F. The zero-order chi connectivity index (χ0) is 28.5. The topological polar surface area (TPSA) is 112 Å². The molecule has 0 radical (unpaired) electrons. The van der Waals surface area contributed by atoms with E-state index in [1.54, 1.807) is 45.6 Å². The number of halogens is 6. The lowest BCUT2D eigenvalue weighted by Gasteiger charge is -2.34. The third-order valence-electron chi connectivity index (χ3n) is 6.30. The number of nitrogens with zero attached hydrogens (tertiary/aromatic N) is 6. The zero-order valence-electron chi connectivity index (χ0n) is 20.8. The fraction of sp³-hybridized carbons (Fsp3) is 0.435. The van der Waals surface area contributed by atoms with E-state index in [9.17, 15) is 35.9 Å². The Morgan fingerprint density at radius 1 is 1.05 bits per heavy atom. The molecule has 3 aromatic heterocycles. The van der Waals surface area contributed by atoms with Crippen molar-refractivity contribution in [3.63, 3.8) is 0 Å². The predicted molar refractivity (Wildman–Crippen MR) is 127 cm³/mol. The smallest absolute Gasteiger partial charge is 0.379 e. The standard InChI is InChI=1S/C23H24F6N8O2/c1-13(33-17-11-32-34-19(38)18(17)23(27,28)29)12-37-4-3-16(14(37)2)20(39)35-5-7-36(8-6-35)21-30-9-15(10-31-21)22(24,25)26/h3-4,9-11,13H,5-8,12H2,1-2H3,(H2,33,34,38). The largest absolute Gasteiger partial charge is 0.423 e. The monoisotopic (exact) mass is 558 g/mol. The van der Waals surface area contributed by atoms with E-state index < -0.39 is 40.8 Å². The summed E-state index contributed by atoms with van der Waals surface area (Å²) in [5, 5.41) is 7.89. The molecule has 1 atom stereocenters. The first-order valence-corrected chi connectivity index (χ1v) is 11.8. The number of amides is 1. The van der Waals surface area contributed by atoms with Gasteiger partial charge in [-0.3, -0.25) is 9.59 Å². The molecule has 3 aromatic rings. The van der Waals surface area contributed by atoms with Crippen molar-refractivity contribution in [1.82, 2.24) is 29.6 Å². The van der Waals surface area contributed by atoms with E-state index >= 15 is 0 Å². The molecular weight excluding hydrogens is 534 g/mol. The maximum Gasteiger partial charge on any atom is 0.423 e. The van der Waals surface area contributed by atoms with E-state index in [-0.39, 0.29) is 18.4 Å². The number of hydrogen-bond acceptors (Lipinski definition) is 7. The Kier molecular flexibility index (Phi) is 7.57. The van der Waals surface area contributed by atoms with Crippen molar-refractivity contribution in [3.8, 4) is 0 Å². The number of H-pyrrole nitrogens is 1. The van der Waals surface area contributed by atoms with Gasteiger partial charge in [0, 0.05) is 63.1 Å². The third-order valence-corrected chi connectivity index (χ3v) is 6.30. The number of alkyl halides is 6. The lowest BCUT2D eigenvalue weighted by Crippen LogP contribution is -2.49. The Labute approximate surface area is 217 Å². The molecule has 1 aliphatic heterocycles. The van der Waals surface area contributed by atoms with Gasteiger partial charge in [-0.1, -0.05) is 0 Å². The molecule has 0 aromatic carbocycles. The number of aromatic amines is 1. The summed E-state index contributed by atoms with van der Waals surface area (Å²) < 4.78 is 79.9. The van der Waals surface area contributed by atoms with E-state index in [2.05, 4.69) is 20.4 Å². The number of piperazine rings is 1. The van der Waals surface area contributed by atoms with Crippen molar-refractivity contribution < 1.29 is 31.1 Å². The van der Waals surface area contributed by atoms with Crippen LogP contribution < -0.4 is 15.8 Å². The summed E-state index contributed by atoms with van der Waals surface area (Å²) in [7, 11) is 0. The highest BCUT2D eigenvalue weighted by Gasteiger charge is 2.37.